The number of sulfone groups is 1. The van der Waals surface area contributed by atoms with Crippen LogP contribution in [0.15, 0.2) is 18.2 Å². The summed E-state index contributed by atoms with van der Waals surface area (Å²) < 4.78 is 25.5. The molecule has 7 heteroatoms. The number of hydrogen-bond donors (Lipinski definition) is 1. The molecule has 102 valence electrons. The van der Waals surface area contributed by atoms with Crippen molar-refractivity contribution in [1.82, 2.24) is 14.6 Å². The Morgan fingerprint density at radius 1 is 1.37 bits per heavy atom. The summed E-state index contributed by atoms with van der Waals surface area (Å²) in [5.41, 5.74) is 6.45. The van der Waals surface area contributed by atoms with Gasteiger partial charge in [-0.2, -0.15) is 4.52 Å². The first-order valence-electron chi connectivity index (χ1n) is 6.38. The quantitative estimate of drug-likeness (QED) is 0.879. The first-order valence-corrected chi connectivity index (χ1v) is 8.09. The summed E-state index contributed by atoms with van der Waals surface area (Å²) in [7, 11) is -2.99. The summed E-state index contributed by atoms with van der Waals surface area (Å²) >= 11 is 0. The molecule has 1 saturated heterocycles. The van der Waals surface area contributed by atoms with Crippen LogP contribution in [0.4, 0.5) is 5.82 Å². The van der Waals surface area contributed by atoms with Gasteiger partial charge in [0.2, 0.25) is 0 Å². The molecule has 1 unspecified atom stereocenters. The molecule has 1 aliphatic rings. The molecule has 2 aromatic heterocycles. The fourth-order valence-corrected chi connectivity index (χ4v) is 4.38. The third-order valence-electron chi connectivity index (χ3n) is 3.56. The first kappa shape index (κ1) is 12.4. The molecule has 2 N–H and O–H groups in total. The van der Waals surface area contributed by atoms with Gasteiger partial charge in [-0.05, 0) is 25.0 Å². The average molecular weight is 280 g/mol. The van der Waals surface area contributed by atoms with Crippen LogP contribution in [0.2, 0.25) is 0 Å². The molecule has 1 fully saturated rings. The highest BCUT2D eigenvalue weighted by atomic mass is 32.2. The van der Waals surface area contributed by atoms with Gasteiger partial charge < -0.3 is 5.73 Å². The van der Waals surface area contributed by atoms with E-state index in [-0.39, 0.29) is 11.0 Å². The van der Waals surface area contributed by atoms with Gasteiger partial charge in [-0.15, -0.1) is 5.10 Å². The number of nitrogens with zero attached hydrogens (tertiary/aromatic N) is 3. The van der Waals surface area contributed by atoms with Crippen molar-refractivity contribution in [2.45, 2.75) is 30.9 Å². The summed E-state index contributed by atoms with van der Waals surface area (Å²) in [5, 5.41) is 3.94. The van der Waals surface area contributed by atoms with Gasteiger partial charge in [-0.25, -0.2) is 13.4 Å². The maximum Gasteiger partial charge on any atom is 0.157 e. The highest BCUT2D eigenvalue weighted by molar-refractivity contribution is 7.92. The number of anilines is 1. The largest absolute Gasteiger partial charge is 0.384 e. The van der Waals surface area contributed by atoms with E-state index in [4.69, 9.17) is 5.73 Å². The third-order valence-corrected chi connectivity index (χ3v) is 5.83. The Morgan fingerprint density at radius 2 is 2.21 bits per heavy atom. The molecule has 0 aliphatic carbocycles. The van der Waals surface area contributed by atoms with Crippen LogP contribution in [0.3, 0.4) is 0 Å². The van der Waals surface area contributed by atoms with Gasteiger partial charge in [0.15, 0.2) is 21.3 Å². The molecule has 0 saturated carbocycles. The van der Waals surface area contributed by atoms with E-state index in [1.807, 2.05) is 6.07 Å². The summed E-state index contributed by atoms with van der Waals surface area (Å²) in [6, 6.07) is 5.35. The number of nitrogens with two attached hydrogens (primary N) is 1. The minimum atomic E-state index is -2.99. The Labute approximate surface area is 111 Å². The SMILES string of the molecule is Nc1cccc2nc(CC3CCCCS3(=O)=O)nn12. The second-order valence-corrected chi connectivity index (χ2v) is 7.34. The zero-order valence-electron chi connectivity index (χ0n) is 10.5. The van der Waals surface area contributed by atoms with Crippen molar-refractivity contribution in [2.24, 2.45) is 0 Å². The lowest BCUT2D eigenvalue weighted by molar-refractivity contribution is 0.534. The number of nitrogen functional groups attached to an aromatic ring is 1. The number of rotatable bonds is 2. The second kappa shape index (κ2) is 4.48. The topological polar surface area (TPSA) is 90.3 Å². The molecule has 19 heavy (non-hydrogen) atoms. The van der Waals surface area contributed by atoms with Crippen LogP contribution >= 0.6 is 0 Å². The van der Waals surface area contributed by atoms with E-state index in [0.29, 0.717) is 30.1 Å². The van der Waals surface area contributed by atoms with Gasteiger partial charge in [-0.1, -0.05) is 12.5 Å². The lowest BCUT2D eigenvalue weighted by Gasteiger charge is -2.20. The lowest BCUT2D eigenvalue weighted by Crippen LogP contribution is -2.30. The Kier molecular flexibility index (Phi) is 2.93. The summed E-state index contributed by atoms with van der Waals surface area (Å²) in [6.07, 6.45) is 2.81. The Morgan fingerprint density at radius 3 is 2.95 bits per heavy atom. The molecule has 6 nitrogen and oxygen atoms in total. The number of aromatic nitrogens is 3. The molecule has 0 aromatic carbocycles. The minimum Gasteiger partial charge on any atom is -0.384 e. The van der Waals surface area contributed by atoms with Gasteiger partial charge in [0, 0.05) is 6.42 Å². The summed E-state index contributed by atoms with van der Waals surface area (Å²) in [5.74, 6) is 1.34. The normalized spacial score (nSPS) is 22.6. The van der Waals surface area contributed by atoms with Gasteiger partial charge in [-0.3, -0.25) is 0 Å². The number of hydrogen-bond acceptors (Lipinski definition) is 5. The smallest absolute Gasteiger partial charge is 0.157 e. The van der Waals surface area contributed by atoms with Gasteiger partial charge in [0.1, 0.15) is 5.82 Å². The van der Waals surface area contributed by atoms with E-state index in [0.717, 1.165) is 12.8 Å². The zero-order chi connectivity index (χ0) is 13.5. The molecular weight excluding hydrogens is 264 g/mol. The van der Waals surface area contributed by atoms with Crippen molar-refractivity contribution in [3.8, 4) is 0 Å². The van der Waals surface area contributed by atoms with Crippen molar-refractivity contribution in [3.05, 3.63) is 24.0 Å². The van der Waals surface area contributed by atoms with Crippen LogP contribution < -0.4 is 5.73 Å². The maximum atomic E-state index is 12.0. The standard InChI is InChI=1S/C12H16N4O2S/c13-10-5-3-6-12-14-11(15-16(10)12)8-9-4-1-2-7-19(9,17)18/h3,5-6,9H,1-2,4,7-8,13H2. The van der Waals surface area contributed by atoms with Gasteiger partial charge in [0.05, 0.1) is 11.0 Å². The molecule has 1 aliphatic heterocycles. The van der Waals surface area contributed by atoms with Crippen LogP contribution in [-0.4, -0.2) is 34.0 Å². The monoisotopic (exact) mass is 280 g/mol. The van der Waals surface area contributed by atoms with E-state index in [9.17, 15) is 8.42 Å². The third kappa shape index (κ3) is 2.30. The Balaban J connectivity index is 1.91. The molecule has 0 spiro atoms. The predicted octanol–water partition coefficient (Wildman–Crippen LogP) is 0.821. The average Bonchev–Trinajstić information content (AvgIpc) is 2.76. The predicted molar refractivity (Wildman–Crippen MR) is 72.5 cm³/mol. The molecular formula is C12H16N4O2S. The molecule has 3 rings (SSSR count). The maximum absolute atomic E-state index is 12.0. The van der Waals surface area contributed by atoms with E-state index in [2.05, 4.69) is 10.1 Å². The number of fused-ring (bicyclic) bond motifs is 1. The van der Waals surface area contributed by atoms with Crippen LogP contribution in [0, 0.1) is 0 Å². The second-order valence-electron chi connectivity index (χ2n) is 4.94. The molecule has 3 heterocycles. The molecule has 0 bridgehead atoms. The Hall–Kier alpha value is -1.63. The summed E-state index contributed by atoms with van der Waals surface area (Å²) in [6.45, 7) is 0. The summed E-state index contributed by atoms with van der Waals surface area (Å²) in [4.78, 5) is 4.34. The van der Waals surface area contributed by atoms with Gasteiger partial charge >= 0.3 is 0 Å². The van der Waals surface area contributed by atoms with Gasteiger partial charge in [0.25, 0.3) is 0 Å². The van der Waals surface area contributed by atoms with E-state index in [1.54, 1.807) is 16.6 Å². The molecule has 0 amide bonds. The number of pyridine rings is 1. The lowest BCUT2D eigenvalue weighted by atomic mass is 10.1. The van der Waals surface area contributed by atoms with Crippen molar-refractivity contribution in [3.63, 3.8) is 0 Å². The van der Waals surface area contributed by atoms with Crippen molar-refractivity contribution < 1.29 is 8.42 Å². The zero-order valence-corrected chi connectivity index (χ0v) is 11.3. The van der Waals surface area contributed by atoms with Crippen LogP contribution in [0.25, 0.3) is 5.65 Å². The van der Waals surface area contributed by atoms with Crippen molar-refractivity contribution in [1.29, 1.82) is 0 Å². The Bertz CT molecular complexity index is 708. The van der Waals surface area contributed by atoms with Crippen molar-refractivity contribution in [2.75, 3.05) is 11.5 Å². The molecule has 0 radical (unpaired) electrons. The molecule has 2 aromatic rings. The van der Waals surface area contributed by atoms with Crippen LogP contribution in [0.1, 0.15) is 25.1 Å². The highest BCUT2D eigenvalue weighted by Gasteiger charge is 2.30. The van der Waals surface area contributed by atoms with E-state index >= 15 is 0 Å². The van der Waals surface area contributed by atoms with E-state index < -0.39 is 9.84 Å². The van der Waals surface area contributed by atoms with Crippen molar-refractivity contribution >= 4 is 21.3 Å². The fourth-order valence-electron chi connectivity index (χ4n) is 2.51. The highest BCUT2D eigenvalue weighted by Crippen LogP contribution is 2.22. The fraction of sp³-hybridized carbons (Fsp3) is 0.500. The minimum absolute atomic E-state index is 0.285. The molecule has 1 atom stereocenters. The van der Waals surface area contributed by atoms with E-state index in [1.165, 1.54) is 0 Å². The van der Waals surface area contributed by atoms with Crippen LogP contribution in [-0.2, 0) is 16.3 Å². The first-order chi connectivity index (χ1) is 9.06. The van der Waals surface area contributed by atoms with Crippen LogP contribution in [0.5, 0.6) is 0 Å².